The summed E-state index contributed by atoms with van der Waals surface area (Å²) in [6, 6.07) is 9.09. The molecule has 1 aliphatic rings. The molecule has 2 N–H and O–H groups in total. The van der Waals surface area contributed by atoms with Gasteiger partial charge in [0.05, 0.1) is 5.75 Å². The molecule has 0 bridgehead atoms. The fourth-order valence-electron chi connectivity index (χ4n) is 2.48. The molecule has 1 aliphatic carbocycles. The Morgan fingerprint density at radius 1 is 1.32 bits per heavy atom. The molecule has 1 aromatic carbocycles. The number of nitrogens with one attached hydrogen (secondary N) is 2. The van der Waals surface area contributed by atoms with Crippen molar-refractivity contribution in [1.82, 2.24) is 10.0 Å². The van der Waals surface area contributed by atoms with Crippen molar-refractivity contribution < 1.29 is 8.42 Å². The fourth-order valence-corrected chi connectivity index (χ4v) is 3.07. The summed E-state index contributed by atoms with van der Waals surface area (Å²) in [6.45, 7) is 2.63. The van der Waals surface area contributed by atoms with Crippen LogP contribution in [0, 0.1) is 6.92 Å². The first kappa shape index (κ1) is 14.5. The van der Waals surface area contributed by atoms with E-state index in [1.165, 1.54) is 18.2 Å². The molecule has 0 spiro atoms. The Balaban J connectivity index is 1.72. The van der Waals surface area contributed by atoms with Crippen molar-refractivity contribution >= 4 is 10.0 Å². The zero-order chi connectivity index (χ0) is 13.9. The van der Waals surface area contributed by atoms with E-state index < -0.39 is 10.0 Å². The molecule has 5 heteroatoms. The molecule has 0 amide bonds. The minimum absolute atomic E-state index is 0.148. The van der Waals surface area contributed by atoms with E-state index in [1.54, 1.807) is 0 Å². The van der Waals surface area contributed by atoms with Gasteiger partial charge in [-0.25, -0.2) is 13.1 Å². The third-order valence-corrected chi connectivity index (χ3v) is 5.13. The van der Waals surface area contributed by atoms with Gasteiger partial charge < -0.3 is 5.32 Å². The first-order chi connectivity index (χ1) is 9.00. The second kappa shape index (κ2) is 6.03. The molecule has 1 saturated carbocycles. The number of hydrogen-bond donors (Lipinski definition) is 2. The molecule has 1 fully saturated rings. The van der Waals surface area contributed by atoms with Crippen molar-refractivity contribution in [3.8, 4) is 0 Å². The molecule has 0 atom stereocenters. The van der Waals surface area contributed by atoms with Gasteiger partial charge in [0.2, 0.25) is 10.0 Å². The predicted molar refractivity (Wildman–Crippen MR) is 77.8 cm³/mol. The van der Waals surface area contributed by atoms with E-state index in [0.717, 1.165) is 12.8 Å². The molecule has 0 aromatic heterocycles. The Morgan fingerprint density at radius 3 is 2.68 bits per heavy atom. The van der Waals surface area contributed by atoms with Crippen LogP contribution in [0.3, 0.4) is 0 Å². The van der Waals surface area contributed by atoms with E-state index in [0.29, 0.717) is 18.5 Å². The highest BCUT2D eigenvalue weighted by Gasteiger charge is 2.29. The first-order valence-corrected chi connectivity index (χ1v) is 8.36. The molecule has 106 valence electrons. The van der Waals surface area contributed by atoms with Crippen LogP contribution in [0.5, 0.6) is 0 Å². The van der Waals surface area contributed by atoms with E-state index in [9.17, 15) is 8.42 Å². The number of benzene rings is 1. The predicted octanol–water partition coefficient (Wildman–Crippen LogP) is 1.38. The summed E-state index contributed by atoms with van der Waals surface area (Å²) in [6.07, 6.45) is 2.20. The summed E-state index contributed by atoms with van der Waals surface area (Å²) in [4.78, 5) is 0. The van der Waals surface area contributed by atoms with Gasteiger partial charge in [0, 0.05) is 12.6 Å². The highest BCUT2D eigenvalue weighted by Crippen LogP contribution is 2.36. The second-order valence-electron chi connectivity index (χ2n) is 5.26. The van der Waals surface area contributed by atoms with Crippen LogP contribution >= 0.6 is 0 Å². The van der Waals surface area contributed by atoms with Crippen LogP contribution in [0.1, 0.15) is 29.9 Å². The van der Waals surface area contributed by atoms with Crippen molar-refractivity contribution in [1.29, 1.82) is 0 Å². The average molecular weight is 282 g/mol. The lowest BCUT2D eigenvalue weighted by Gasteiger charge is -2.36. The molecular weight excluding hydrogens is 260 g/mol. The monoisotopic (exact) mass is 282 g/mol. The maximum absolute atomic E-state index is 11.3. The van der Waals surface area contributed by atoms with Crippen LogP contribution in [0.15, 0.2) is 24.3 Å². The van der Waals surface area contributed by atoms with Gasteiger partial charge in [0.15, 0.2) is 0 Å². The van der Waals surface area contributed by atoms with E-state index >= 15 is 0 Å². The molecule has 0 unspecified atom stereocenters. The van der Waals surface area contributed by atoms with Gasteiger partial charge in [-0.2, -0.15) is 0 Å². The van der Waals surface area contributed by atoms with Crippen molar-refractivity contribution in [3.63, 3.8) is 0 Å². The quantitative estimate of drug-likeness (QED) is 0.829. The number of aryl methyl sites for hydroxylation is 1. The van der Waals surface area contributed by atoms with Gasteiger partial charge >= 0.3 is 0 Å². The Kier molecular flexibility index (Phi) is 4.60. The standard InChI is InChI=1S/C14H22N2O2S/c1-11-4-3-5-12(8-11)13-9-14(10-13)16-6-7-19(17,18)15-2/h3-5,8,13-16H,6-7,9-10H2,1-2H3. The molecule has 0 heterocycles. The Labute approximate surface area is 115 Å². The molecule has 0 saturated heterocycles. The molecule has 1 aromatic rings. The van der Waals surface area contributed by atoms with Crippen molar-refractivity contribution in [3.05, 3.63) is 35.4 Å². The molecule has 0 radical (unpaired) electrons. The largest absolute Gasteiger partial charge is 0.313 e. The molecular formula is C14H22N2O2S. The molecule has 2 rings (SSSR count). The van der Waals surface area contributed by atoms with Gasteiger partial charge in [0.25, 0.3) is 0 Å². The maximum atomic E-state index is 11.3. The van der Waals surface area contributed by atoms with Gasteiger partial charge in [-0.3, -0.25) is 0 Å². The zero-order valence-electron chi connectivity index (χ0n) is 11.5. The third kappa shape index (κ3) is 4.03. The van der Waals surface area contributed by atoms with Crippen molar-refractivity contribution in [2.45, 2.75) is 31.7 Å². The van der Waals surface area contributed by atoms with Crippen molar-refractivity contribution in [2.75, 3.05) is 19.3 Å². The minimum Gasteiger partial charge on any atom is -0.313 e. The lowest BCUT2D eigenvalue weighted by Crippen LogP contribution is -2.42. The molecule has 0 aliphatic heterocycles. The average Bonchev–Trinajstić information content (AvgIpc) is 2.32. The normalized spacial score (nSPS) is 23.1. The van der Waals surface area contributed by atoms with Crippen LogP contribution in [0.25, 0.3) is 0 Å². The van der Waals surface area contributed by atoms with Crippen LogP contribution in [-0.4, -0.2) is 33.8 Å². The SMILES string of the molecule is CNS(=O)(=O)CCNC1CC(c2cccc(C)c2)C1. The smallest absolute Gasteiger partial charge is 0.212 e. The second-order valence-corrected chi connectivity index (χ2v) is 7.30. The minimum atomic E-state index is -3.08. The van der Waals surface area contributed by atoms with E-state index in [2.05, 4.69) is 41.2 Å². The highest BCUT2D eigenvalue weighted by atomic mass is 32.2. The van der Waals surface area contributed by atoms with Crippen LogP contribution in [-0.2, 0) is 10.0 Å². The van der Waals surface area contributed by atoms with Gasteiger partial charge in [0.1, 0.15) is 0 Å². The summed E-state index contributed by atoms with van der Waals surface area (Å²) in [5.41, 5.74) is 2.70. The zero-order valence-corrected chi connectivity index (χ0v) is 12.3. The Morgan fingerprint density at radius 2 is 2.05 bits per heavy atom. The topological polar surface area (TPSA) is 58.2 Å². The van der Waals surface area contributed by atoms with Crippen molar-refractivity contribution in [2.24, 2.45) is 0 Å². The fraction of sp³-hybridized carbons (Fsp3) is 0.571. The Hall–Kier alpha value is -0.910. The summed E-state index contributed by atoms with van der Waals surface area (Å²) in [5, 5.41) is 3.30. The lowest BCUT2D eigenvalue weighted by molar-refractivity contribution is 0.296. The maximum Gasteiger partial charge on any atom is 0.212 e. The van der Waals surface area contributed by atoms with Crippen LogP contribution in [0.4, 0.5) is 0 Å². The lowest BCUT2D eigenvalue weighted by atomic mass is 9.75. The van der Waals surface area contributed by atoms with Gasteiger partial charge in [-0.05, 0) is 38.3 Å². The van der Waals surface area contributed by atoms with E-state index in [4.69, 9.17) is 0 Å². The van der Waals surface area contributed by atoms with Gasteiger partial charge in [-0.15, -0.1) is 0 Å². The first-order valence-electron chi connectivity index (χ1n) is 6.71. The third-order valence-electron chi connectivity index (χ3n) is 3.77. The van der Waals surface area contributed by atoms with Gasteiger partial charge in [-0.1, -0.05) is 29.8 Å². The Bertz CT molecular complexity index is 522. The molecule has 19 heavy (non-hydrogen) atoms. The van der Waals surface area contributed by atoms with E-state index in [1.807, 2.05) is 0 Å². The summed E-state index contributed by atoms with van der Waals surface area (Å²) >= 11 is 0. The van der Waals surface area contributed by atoms with Crippen LogP contribution < -0.4 is 10.0 Å². The van der Waals surface area contributed by atoms with Crippen LogP contribution in [0.2, 0.25) is 0 Å². The summed E-state index contributed by atoms with van der Waals surface area (Å²) < 4.78 is 24.8. The molecule has 4 nitrogen and oxygen atoms in total. The van der Waals surface area contributed by atoms with E-state index in [-0.39, 0.29) is 5.75 Å². The highest BCUT2D eigenvalue weighted by molar-refractivity contribution is 7.89. The number of sulfonamides is 1. The summed E-state index contributed by atoms with van der Waals surface area (Å²) in [7, 11) is -1.63. The summed E-state index contributed by atoms with van der Waals surface area (Å²) in [5.74, 6) is 0.771. The number of hydrogen-bond acceptors (Lipinski definition) is 3. The number of rotatable bonds is 6.